The van der Waals surface area contributed by atoms with E-state index in [0.29, 0.717) is 0 Å². The Balaban J connectivity index is 1.84. The fraction of sp³-hybridized carbons (Fsp3) is 0.714. The highest BCUT2D eigenvalue weighted by molar-refractivity contribution is 5.30. The lowest BCUT2D eigenvalue weighted by Gasteiger charge is -2.19. The van der Waals surface area contributed by atoms with Crippen LogP contribution in [0.3, 0.4) is 0 Å². The molecule has 1 aromatic rings. The van der Waals surface area contributed by atoms with Gasteiger partial charge in [0.15, 0.2) is 0 Å². The van der Waals surface area contributed by atoms with Gasteiger partial charge < -0.3 is 10.2 Å². The minimum atomic E-state index is 0.876. The molecule has 0 unspecified atom stereocenters. The lowest BCUT2D eigenvalue weighted by atomic mass is 10.3. The molecule has 2 rings (SSSR count). The van der Waals surface area contributed by atoms with Gasteiger partial charge in [-0.15, -0.1) is 0 Å². The maximum Gasteiger partial charge on any atom is 0.144 e. The second-order valence-electron chi connectivity index (χ2n) is 5.25. The summed E-state index contributed by atoms with van der Waals surface area (Å²) in [7, 11) is 2.19. The zero-order chi connectivity index (χ0) is 13.5. The van der Waals surface area contributed by atoms with Crippen LogP contribution in [0, 0.1) is 0 Å². The summed E-state index contributed by atoms with van der Waals surface area (Å²) >= 11 is 0. The summed E-state index contributed by atoms with van der Waals surface area (Å²) in [6, 6.07) is 0. The highest BCUT2D eigenvalue weighted by Crippen LogP contribution is 2.07. The van der Waals surface area contributed by atoms with Gasteiger partial charge in [0.05, 0.1) is 18.1 Å². The van der Waals surface area contributed by atoms with Crippen LogP contribution in [0.15, 0.2) is 12.4 Å². The van der Waals surface area contributed by atoms with Crippen LogP contribution in [0.4, 0.5) is 5.82 Å². The van der Waals surface area contributed by atoms with Gasteiger partial charge in [-0.25, -0.2) is 4.98 Å². The number of anilines is 1. The van der Waals surface area contributed by atoms with E-state index in [1.165, 1.54) is 13.0 Å². The van der Waals surface area contributed by atoms with Gasteiger partial charge in [-0.2, -0.15) is 0 Å². The molecule has 1 aliphatic heterocycles. The van der Waals surface area contributed by atoms with Crippen LogP contribution in [0.2, 0.25) is 0 Å². The van der Waals surface area contributed by atoms with Gasteiger partial charge in [0.2, 0.25) is 0 Å². The second-order valence-corrected chi connectivity index (χ2v) is 5.25. The lowest BCUT2D eigenvalue weighted by molar-refractivity contribution is 0.266. The first-order valence-corrected chi connectivity index (χ1v) is 7.23. The topological polar surface area (TPSA) is 44.3 Å². The highest BCUT2D eigenvalue weighted by Gasteiger charge is 2.12. The largest absolute Gasteiger partial charge is 0.369 e. The standard InChI is InChI=1S/C14H25N5/c1-3-5-15-14-11-16-13(10-17-14)12-19-7-4-6-18(2)8-9-19/h10-11H,3-9,12H2,1-2H3,(H,15,17). The van der Waals surface area contributed by atoms with Crippen LogP contribution in [0.5, 0.6) is 0 Å². The first kappa shape index (κ1) is 14.2. The van der Waals surface area contributed by atoms with Crippen molar-refractivity contribution in [2.45, 2.75) is 26.3 Å². The molecule has 5 nitrogen and oxygen atoms in total. The minimum absolute atomic E-state index is 0.876. The molecular weight excluding hydrogens is 238 g/mol. The van der Waals surface area contributed by atoms with Crippen LogP contribution in [-0.2, 0) is 6.54 Å². The number of hydrogen-bond acceptors (Lipinski definition) is 5. The van der Waals surface area contributed by atoms with E-state index in [1.54, 1.807) is 0 Å². The molecule has 5 heteroatoms. The molecule has 1 N–H and O–H groups in total. The van der Waals surface area contributed by atoms with Gasteiger partial charge in [-0.1, -0.05) is 6.92 Å². The Hall–Kier alpha value is -1.20. The summed E-state index contributed by atoms with van der Waals surface area (Å²) in [6.07, 6.45) is 6.08. The predicted molar refractivity (Wildman–Crippen MR) is 78.2 cm³/mol. The van der Waals surface area contributed by atoms with E-state index in [1.807, 2.05) is 12.4 Å². The van der Waals surface area contributed by atoms with Crippen LogP contribution in [0.25, 0.3) is 0 Å². The van der Waals surface area contributed by atoms with Crippen molar-refractivity contribution in [2.24, 2.45) is 0 Å². The van der Waals surface area contributed by atoms with Crippen molar-refractivity contribution in [3.05, 3.63) is 18.1 Å². The molecule has 2 heterocycles. The second kappa shape index (κ2) is 7.40. The number of aromatic nitrogens is 2. The van der Waals surface area contributed by atoms with E-state index >= 15 is 0 Å². The van der Waals surface area contributed by atoms with Crippen LogP contribution < -0.4 is 5.32 Å². The molecule has 1 aromatic heterocycles. The lowest BCUT2D eigenvalue weighted by Crippen LogP contribution is -2.28. The van der Waals surface area contributed by atoms with Gasteiger partial charge in [0.1, 0.15) is 5.82 Å². The molecule has 106 valence electrons. The number of rotatable bonds is 5. The zero-order valence-electron chi connectivity index (χ0n) is 12.1. The Labute approximate surface area is 116 Å². The van der Waals surface area contributed by atoms with Crippen molar-refractivity contribution < 1.29 is 0 Å². The first-order chi connectivity index (χ1) is 9.28. The van der Waals surface area contributed by atoms with Gasteiger partial charge >= 0.3 is 0 Å². The van der Waals surface area contributed by atoms with Crippen molar-refractivity contribution in [1.29, 1.82) is 0 Å². The quantitative estimate of drug-likeness (QED) is 0.871. The predicted octanol–water partition coefficient (Wildman–Crippen LogP) is 1.44. The molecule has 1 fully saturated rings. The normalized spacial score (nSPS) is 18.2. The summed E-state index contributed by atoms with van der Waals surface area (Å²) in [4.78, 5) is 13.8. The number of hydrogen-bond donors (Lipinski definition) is 1. The van der Waals surface area contributed by atoms with Gasteiger partial charge in [-0.3, -0.25) is 9.88 Å². The SMILES string of the molecule is CCCNc1cnc(CN2CCCN(C)CC2)cn1. The van der Waals surface area contributed by atoms with Crippen molar-refractivity contribution in [1.82, 2.24) is 19.8 Å². The molecule has 0 aliphatic carbocycles. The summed E-state index contributed by atoms with van der Waals surface area (Å²) in [5, 5.41) is 3.25. The smallest absolute Gasteiger partial charge is 0.144 e. The molecule has 0 radical (unpaired) electrons. The van der Waals surface area contributed by atoms with Crippen molar-refractivity contribution >= 4 is 5.82 Å². The summed E-state index contributed by atoms with van der Waals surface area (Å²) in [5.74, 6) is 0.876. The molecule has 0 spiro atoms. The number of nitrogens with zero attached hydrogens (tertiary/aromatic N) is 4. The monoisotopic (exact) mass is 263 g/mol. The molecule has 1 saturated heterocycles. The average molecular weight is 263 g/mol. The van der Waals surface area contributed by atoms with E-state index < -0.39 is 0 Å². The number of nitrogens with one attached hydrogen (secondary N) is 1. The van der Waals surface area contributed by atoms with Crippen molar-refractivity contribution in [2.75, 3.05) is 45.1 Å². The Morgan fingerprint density at radius 3 is 2.79 bits per heavy atom. The highest BCUT2D eigenvalue weighted by atomic mass is 15.2. The fourth-order valence-corrected chi connectivity index (χ4v) is 2.27. The summed E-state index contributed by atoms with van der Waals surface area (Å²) < 4.78 is 0. The zero-order valence-corrected chi connectivity index (χ0v) is 12.1. The van der Waals surface area contributed by atoms with Crippen molar-refractivity contribution in [3.8, 4) is 0 Å². The van der Waals surface area contributed by atoms with Crippen LogP contribution in [-0.4, -0.2) is 59.5 Å². The third-order valence-corrected chi connectivity index (χ3v) is 3.46. The molecule has 1 aliphatic rings. The van der Waals surface area contributed by atoms with Crippen LogP contribution >= 0.6 is 0 Å². The molecule has 19 heavy (non-hydrogen) atoms. The van der Waals surface area contributed by atoms with Crippen molar-refractivity contribution in [3.63, 3.8) is 0 Å². The van der Waals surface area contributed by atoms with Gasteiger partial charge in [0.25, 0.3) is 0 Å². The summed E-state index contributed by atoms with van der Waals surface area (Å²) in [5.41, 5.74) is 1.06. The van der Waals surface area contributed by atoms with E-state index in [0.717, 1.165) is 50.7 Å². The maximum atomic E-state index is 4.50. The maximum absolute atomic E-state index is 4.50. The first-order valence-electron chi connectivity index (χ1n) is 7.23. The minimum Gasteiger partial charge on any atom is -0.369 e. The Morgan fingerprint density at radius 2 is 2.05 bits per heavy atom. The van der Waals surface area contributed by atoms with Gasteiger partial charge in [0, 0.05) is 26.2 Å². The molecule has 0 bridgehead atoms. The molecular formula is C14H25N5. The Kier molecular flexibility index (Phi) is 5.54. The third kappa shape index (κ3) is 4.76. The molecule has 0 amide bonds. The third-order valence-electron chi connectivity index (χ3n) is 3.46. The van der Waals surface area contributed by atoms with E-state index in [9.17, 15) is 0 Å². The average Bonchev–Trinajstić information content (AvgIpc) is 2.63. The Bertz CT molecular complexity index is 365. The molecule has 0 saturated carbocycles. The van der Waals surface area contributed by atoms with E-state index in [-0.39, 0.29) is 0 Å². The summed E-state index contributed by atoms with van der Waals surface area (Å²) in [6.45, 7) is 8.62. The van der Waals surface area contributed by atoms with Gasteiger partial charge in [-0.05, 0) is 33.0 Å². The van der Waals surface area contributed by atoms with E-state index in [2.05, 4.69) is 39.1 Å². The molecule has 0 aromatic carbocycles. The van der Waals surface area contributed by atoms with Crippen LogP contribution in [0.1, 0.15) is 25.5 Å². The van der Waals surface area contributed by atoms with E-state index in [4.69, 9.17) is 0 Å². The fourth-order valence-electron chi connectivity index (χ4n) is 2.27. The number of likely N-dealkylation sites (N-methyl/N-ethyl adjacent to an activating group) is 1. The molecule has 0 atom stereocenters. The Morgan fingerprint density at radius 1 is 1.16 bits per heavy atom.